The summed E-state index contributed by atoms with van der Waals surface area (Å²) in [4.78, 5) is 46.3. The van der Waals surface area contributed by atoms with Gasteiger partial charge in [-0.25, -0.2) is 19.6 Å². The van der Waals surface area contributed by atoms with Gasteiger partial charge in [0, 0.05) is 11.9 Å². The van der Waals surface area contributed by atoms with Crippen molar-refractivity contribution in [2.45, 2.75) is 216 Å². The predicted octanol–water partition coefficient (Wildman–Crippen LogP) is 9.66. The van der Waals surface area contributed by atoms with E-state index < -0.39 is 11.9 Å². The number of hydrogen-bond donors (Lipinski definition) is 0. The molecule has 0 bridgehead atoms. The number of aliphatic imine (C=N–C) groups is 2. The molecular weight excluding hydrogens is 723 g/mol. The summed E-state index contributed by atoms with van der Waals surface area (Å²) in [5.74, 6) is -1.82. The molecule has 0 fully saturated rings. The quantitative estimate of drug-likeness (QED) is 0.0280. The molecule has 0 aromatic heterocycles. The van der Waals surface area contributed by atoms with E-state index in [1.165, 1.54) is 128 Å². The number of isocyanates is 2. The van der Waals surface area contributed by atoms with Crippen LogP contribution < -0.4 is 10.2 Å². The molecule has 49 heavy (non-hydrogen) atoms. The van der Waals surface area contributed by atoms with Crippen LogP contribution in [0.1, 0.15) is 207 Å². The van der Waals surface area contributed by atoms with E-state index in [-0.39, 0.29) is 34.0 Å². The minimum absolute atomic E-state index is 0.149. The number of carbonyl (C=O) groups is 2. The van der Waals surface area contributed by atoms with Crippen molar-refractivity contribution in [3.63, 3.8) is 0 Å². The molecule has 0 rings (SSSR count). The first-order valence-electron chi connectivity index (χ1n) is 20.0. The van der Waals surface area contributed by atoms with Gasteiger partial charge < -0.3 is 19.8 Å². The van der Waals surface area contributed by atoms with Crippen LogP contribution >= 0.6 is 0 Å². The van der Waals surface area contributed by atoms with Gasteiger partial charge in [-0.1, -0.05) is 129 Å². The number of rotatable bonds is 33. The first kappa shape index (κ1) is 54.3. The van der Waals surface area contributed by atoms with E-state index in [1.807, 2.05) is 0 Å². The zero-order chi connectivity index (χ0) is 37.3. The monoisotopic (exact) mass is 800 g/mol. The van der Waals surface area contributed by atoms with Crippen LogP contribution in [0.5, 0.6) is 0 Å². The van der Waals surface area contributed by atoms with Crippen LogP contribution in [0.25, 0.3) is 0 Å². The van der Waals surface area contributed by atoms with Gasteiger partial charge in [0.15, 0.2) is 0 Å². The van der Waals surface area contributed by atoms with Crippen molar-refractivity contribution in [3.8, 4) is 0 Å². The zero-order valence-corrected chi connectivity index (χ0v) is 35.3. The Labute approximate surface area is 312 Å². The summed E-state index contributed by atoms with van der Waals surface area (Å²) in [6, 6.07) is 0. The Morgan fingerprint density at radius 1 is 0.429 bits per heavy atom. The molecule has 0 aliphatic heterocycles. The standard InChI is InChI=1S/2C12H24O2.C8H12N2O2.2C4H9.Sn/c2*1-2-3-4-5-6-7-8-9-10-11-12(13)14;11-7-9-5-3-1-2-4-6-10-8-12;2*1-3-4-2;/h2*2-11H2,1H3,(H,13,14);1-6H2;2*1,3-4H2,2H3;/q;;;;;+2/p-2. The first-order valence-corrected chi connectivity index (χ1v) is 24.1. The molecule has 0 atom stereocenters. The summed E-state index contributed by atoms with van der Waals surface area (Å²) in [6.07, 6.45) is 35.0. The summed E-state index contributed by atoms with van der Waals surface area (Å²) < 4.78 is 3.25. The van der Waals surface area contributed by atoms with Crippen LogP contribution in [-0.2, 0) is 19.2 Å². The SMILES string of the molecule is CCCCCCCCCCCC(=O)[O-].CCCCCCCCCCCC(=O)[O-].CCC[CH2][Sn+2][CH2]CCC.O=C=NCCCCCCN=C=O. The van der Waals surface area contributed by atoms with Crippen molar-refractivity contribution in [2.75, 3.05) is 13.1 Å². The van der Waals surface area contributed by atoms with Crippen LogP contribution in [0.3, 0.4) is 0 Å². The second kappa shape index (κ2) is 55.9. The smallest absolute Gasteiger partial charge is 0.211 e. The van der Waals surface area contributed by atoms with Crippen molar-refractivity contribution in [3.05, 3.63) is 0 Å². The van der Waals surface area contributed by atoms with Crippen molar-refractivity contribution < 1.29 is 29.4 Å². The second-order valence-corrected chi connectivity index (χ2v) is 17.0. The van der Waals surface area contributed by atoms with E-state index in [1.54, 1.807) is 8.87 Å². The Hall–Kier alpha value is -1.50. The maximum absolute atomic E-state index is 10.1. The Morgan fingerprint density at radius 3 is 0.959 bits per heavy atom. The van der Waals surface area contributed by atoms with Crippen LogP contribution in [0, 0.1) is 0 Å². The number of nitrogens with zero attached hydrogens (tertiary/aromatic N) is 2. The van der Waals surface area contributed by atoms with Crippen molar-refractivity contribution >= 4 is 45.2 Å². The normalized spacial score (nSPS) is 9.63. The molecular formula is C40H76N2O6Sn. The molecule has 0 aromatic carbocycles. The van der Waals surface area contributed by atoms with Gasteiger partial charge in [0.1, 0.15) is 0 Å². The minimum Gasteiger partial charge on any atom is -0.211 e. The molecule has 0 saturated heterocycles. The van der Waals surface area contributed by atoms with E-state index in [9.17, 15) is 29.4 Å². The summed E-state index contributed by atoms with van der Waals surface area (Å²) in [5.41, 5.74) is 0. The van der Waals surface area contributed by atoms with Gasteiger partial charge in [-0.15, -0.1) is 0 Å². The fraction of sp³-hybridized carbons (Fsp3) is 0.900. The molecule has 0 N–H and O–H groups in total. The molecule has 0 unspecified atom stereocenters. The predicted molar refractivity (Wildman–Crippen MR) is 203 cm³/mol. The van der Waals surface area contributed by atoms with E-state index in [4.69, 9.17) is 0 Å². The molecule has 9 heteroatoms. The molecule has 0 heterocycles. The largest absolute Gasteiger partial charge is 0.234 e. The maximum Gasteiger partial charge on any atom is 0.234 e. The molecule has 286 valence electrons. The average Bonchev–Trinajstić information content (AvgIpc) is 3.08. The first-order chi connectivity index (χ1) is 23.9. The van der Waals surface area contributed by atoms with Crippen LogP contribution in [0.2, 0.25) is 8.87 Å². The third-order valence-electron chi connectivity index (χ3n) is 7.80. The van der Waals surface area contributed by atoms with Gasteiger partial charge in [-0.05, 0) is 38.5 Å². The fourth-order valence-corrected chi connectivity index (χ4v) is 8.87. The molecule has 0 aliphatic rings. The molecule has 0 aromatic rings. The van der Waals surface area contributed by atoms with Crippen molar-refractivity contribution in [1.29, 1.82) is 0 Å². The van der Waals surface area contributed by atoms with Crippen LogP contribution in [0.4, 0.5) is 0 Å². The van der Waals surface area contributed by atoms with Gasteiger partial charge in [-0.3, -0.25) is 0 Å². The van der Waals surface area contributed by atoms with Gasteiger partial charge in [0.05, 0.1) is 13.1 Å². The fourth-order valence-electron chi connectivity index (χ4n) is 4.72. The maximum atomic E-state index is 10.1. The van der Waals surface area contributed by atoms with Crippen molar-refractivity contribution in [2.24, 2.45) is 9.98 Å². The van der Waals surface area contributed by atoms with Crippen LogP contribution in [-0.4, -0.2) is 58.3 Å². The Bertz CT molecular complexity index is 680. The Balaban J connectivity index is -0.000000279. The molecule has 0 amide bonds. The van der Waals surface area contributed by atoms with E-state index in [2.05, 4.69) is 37.7 Å². The zero-order valence-electron chi connectivity index (χ0n) is 32.5. The number of carbonyl (C=O) groups excluding carboxylic acids is 4. The number of hydrogen-bond acceptors (Lipinski definition) is 8. The van der Waals surface area contributed by atoms with Gasteiger partial charge in [0.2, 0.25) is 12.2 Å². The summed E-state index contributed by atoms with van der Waals surface area (Å²) in [6.45, 7) is 10.1. The number of carboxylic acids is 2. The Morgan fingerprint density at radius 2 is 0.694 bits per heavy atom. The minimum atomic E-state index is -0.909. The second-order valence-electron chi connectivity index (χ2n) is 12.7. The van der Waals surface area contributed by atoms with Crippen molar-refractivity contribution in [1.82, 2.24) is 0 Å². The topological polar surface area (TPSA) is 139 Å². The third kappa shape index (κ3) is 73.1. The molecule has 0 saturated carbocycles. The van der Waals surface area contributed by atoms with Gasteiger partial charge in [-0.2, -0.15) is 0 Å². The average molecular weight is 800 g/mol. The molecule has 0 aliphatic carbocycles. The van der Waals surface area contributed by atoms with Crippen LogP contribution in [0.15, 0.2) is 9.98 Å². The number of unbranched alkanes of at least 4 members (excludes halogenated alkanes) is 21. The summed E-state index contributed by atoms with van der Waals surface area (Å²) in [5, 5.41) is 20.2. The summed E-state index contributed by atoms with van der Waals surface area (Å²) >= 11 is 0.149. The number of carboxylic acid groups (broad SMARTS) is 2. The molecule has 0 radical (unpaired) electrons. The van der Waals surface area contributed by atoms with Gasteiger partial charge >= 0.3 is 69.5 Å². The van der Waals surface area contributed by atoms with E-state index in [0.717, 1.165) is 51.4 Å². The third-order valence-corrected chi connectivity index (χ3v) is 11.8. The van der Waals surface area contributed by atoms with E-state index in [0.29, 0.717) is 13.1 Å². The van der Waals surface area contributed by atoms with Gasteiger partial charge in [0.25, 0.3) is 0 Å². The molecule has 0 spiro atoms. The Kier molecular flexibility index (Phi) is 61.9. The summed E-state index contributed by atoms with van der Waals surface area (Å²) in [7, 11) is 0. The number of aliphatic carboxylic acids is 2. The van der Waals surface area contributed by atoms with E-state index >= 15 is 0 Å². The molecule has 8 nitrogen and oxygen atoms in total.